The third kappa shape index (κ3) is 3.41. The molecule has 0 aliphatic rings. The van der Waals surface area contributed by atoms with E-state index in [-0.39, 0.29) is 0 Å². The first-order chi connectivity index (χ1) is 7.15. The van der Waals surface area contributed by atoms with Crippen molar-refractivity contribution < 1.29 is 0 Å². The van der Waals surface area contributed by atoms with Gasteiger partial charge in [-0.3, -0.25) is 0 Å². The molecule has 0 atom stereocenters. The quantitative estimate of drug-likeness (QED) is 0.635. The van der Waals surface area contributed by atoms with Crippen LogP contribution in [0.4, 0.5) is 0 Å². The molecule has 1 rings (SSSR count). The van der Waals surface area contributed by atoms with E-state index in [9.17, 15) is 0 Å². The molecule has 1 aromatic rings. The fourth-order valence-corrected chi connectivity index (χ4v) is 1.60. The lowest BCUT2D eigenvalue weighted by Crippen LogP contribution is -1.83. The minimum atomic E-state index is 0.767. The first-order valence-electron chi connectivity index (χ1n) is 4.90. The van der Waals surface area contributed by atoms with Crippen molar-refractivity contribution in [2.75, 3.05) is 0 Å². The number of benzene rings is 1. The Labute approximate surface area is 96.6 Å². The van der Waals surface area contributed by atoms with Gasteiger partial charge in [-0.05, 0) is 25.5 Å². The Morgan fingerprint density at radius 1 is 1.33 bits per heavy atom. The zero-order valence-electron chi connectivity index (χ0n) is 9.13. The van der Waals surface area contributed by atoms with E-state index < -0.39 is 0 Å². The number of rotatable bonds is 3. The molecule has 1 heteroatoms. The molecule has 78 valence electrons. The van der Waals surface area contributed by atoms with Crippen LogP contribution in [-0.2, 0) is 0 Å². The lowest BCUT2D eigenvalue weighted by molar-refractivity contribution is 1.53. The van der Waals surface area contributed by atoms with Crippen LogP contribution in [0.1, 0.15) is 19.4 Å². The van der Waals surface area contributed by atoms with Gasteiger partial charge in [0.2, 0.25) is 0 Å². The Morgan fingerprint density at radius 3 is 2.53 bits per heavy atom. The van der Waals surface area contributed by atoms with E-state index >= 15 is 0 Å². The van der Waals surface area contributed by atoms with Crippen LogP contribution in [0.5, 0.6) is 0 Å². The third-order valence-electron chi connectivity index (χ3n) is 1.93. The van der Waals surface area contributed by atoms with Crippen LogP contribution in [-0.4, -0.2) is 0 Å². The second-order valence-electron chi connectivity index (χ2n) is 3.43. The highest BCUT2D eigenvalue weighted by Crippen LogP contribution is 2.25. The average Bonchev–Trinajstić information content (AvgIpc) is 2.17. The summed E-state index contributed by atoms with van der Waals surface area (Å²) in [5.41, 5.74) is 3.15. The normalized spacial score (nSPS) is 12.1. The molecular weight excluding hydrogens is 204 g/mol. The van der Waals surface area contributed by atoms with Crippen molar-refractivity contribution in [1.29, 1.82) is 0 Å². The predicted molar refractivity (Wildman–Crippen MR) is 69.1 cm³/mol. The van der Waals surface area contributed by atoms with Gasteiger partial charge < -0.3 is 0 Å². The summed E-state index contributed by atoms with van der Waals surface area (Å²) >= 11 is 6.13. The maximum Gasteiger partial charge on any atom is 0.0484 e. The van der Waals surface area contributed by atoms with Gasteiger partial charge in [-0.25, -0.2) is 0 Å². The summed E-state index contributed by atoms with van der Waals surface area (Å²) in [6.07, 6.45) is 6.06. The van der Waals surface area contributed by atoms with Crippen molar-refractivity contribution >= 4 is 17.2 Å². The van der Waals surface area contributed by atoms with Crippen molar-refractivity contribution in [3.05, 3.63) is 65.2 Å². The van der Waals surface area contributed by atoms with Crippen LogP contribution in [0, 0.1) is 0 Å². The Hall–Kier alpha value is -1.27. The van der Waals surface area contributed by atoms with Gasteiger partial charge in [0.15, 0.2) is 0 Å². The minimum Gasteiger partial charge on any atom is -0.0961 e. The first kappa shape index (κ1) is 11.8. The number of hydrogen-bond donors (Lipinski definition) is 0. The van der Waals surface area contributed by atoms with Crippen LogP contribution in [0.3, 0.4) is 0 Å². The van der Waals surface area contributed by atoms with Crippen LogP contribution < -0.4 is 0 Å². The largest absolute Gasteiger partial charge is 0.0961 e. The van der Waals surface area contributed by atoms with Gasteiger partial charge in [0, 0.05) is 10.6 Å². The first-order valence-corrected chi connectivity index (χ1v) is 5.27. The molecule has 0 spiro atoms. The van der Waals surface area contributed by atoms with Gasteiger partial charge in [-0.15, -0.1) is 0 Å². The van der Waals surface area contributed by atoms with Gasteiger partial charge in [0.1, 0.15) is 0 Å². The monoisotopic (exact) mass is 218 g/mol. The SMILES string of the molecule is C=C(C)/C=C(\C=C/C)c1ccccc1Cl. The third-order valence-corrected chi connectivity index (χ3v) is 2.26. The second kappa shape index (κ2) is 5.57. The smallest absolute Gasteiger partial charge is 0.0484 e. The Balaban J connectivity index is 3.22. The topological polar surface area (TPSA) is 0 Å². The summed E-state index contributed by atoms with van der Waals surface area (Å²) < 4.78 is 0. The maximum absolute atomic E-state index is 6.13. The molecule has 0 bridgehead atoms. The predicted octanol–water partition coefficient (Wildman–Crippen LogP) is 4.88. The number of halogens is 1. The van der Waals surface area contributed by atoms with Crippen molar-refractivity contribution in [3.8, 4) is 0 Å². The number of allylic oxidation sites excluding steroid dienone is 5. The van der Waals surface area contributed by atoms with Gasteiger partial charge in [-0.1, -0.05) is 60.2 Å². The average molecular weight is 219 g/mol. The molecule has 15 heavy (non-hydrogen) atoms. The van der Waals surface area contributed by atoms with E-state index in [0.29, 0.717) is 0 Å². The van der Waals surface area contributed by atoms with E-state index in [4.69, 9.17) is 11.6 Å². The highest BCUT2D eigenvalue weighted by atomic mass is 35.5. The molecule has 0 saturated carbocycles. The molecule has 0 aliphatic carbocycles. The van der Waals surface area contributed by atoms with Crippen LogP contribution in [0.15, 0.2) is 54.6 Å². The standard InChI is InChI=1S/C14H15Cl/c1-4-7-12(10-11(2)3)13-8-5-6-9-14(13)15/h4-10H,2H2,1,3H3/b7-4-,12-10+. The lowest BCUT2D eigenvalue weighted by Gasteiger charge is -2.05. The molecule has 0 N–H and O–H groups in total. The zero-order valence-corrected chi connectivity index (χ0v) is 9.88. The van der Waals surface area contributed by atoms with Crippen molar-refractivity contribution in [2.45, 2.75) is 13.8 Å². The number of hydrogen-bond acceptors (Lipinski definition) is 0. The molecule has 0 saturated heterocycles. The molecule has 0 aromatic heterocycles. The van der Waals surface area contributed by atoms with Gasteiger partial charge in [-0.2, -0.15) is 0 Å². The second-order valence-corrected chi connectivity index (χ2v) is 3.83. The zero-order chi connectivity index (χ0) is 11.3. The van der Waals surface area contributed by atoms with Crippen molar-refractivity contribution in [1.82, 2.24) is 0 Å². The van der Waals surface area contributed by atoms with Crippen LogP contribution >= 0.6 is 11.6 Å². The summed E-state index contributed by atoms with van der Waals surface area (Å²) in [6.45, 7) is 7.84. The van der Waals surface area contributed by atoms with E-state index in [2.05, 4.69) is 6.58 Å². The van der Waals surface area contributed by atoms with Crippen LogP contribution in [0.2, 0.25) is 5.02 Å². The lowest BCUT2D eigenvalue weighted by atomic mass is 10.0. The minimum absolute atomic E-state index is 0.767. The highest BCUT2D eigenvalue weighted by molar-refractivity contribution is 6.32. The van der Waals surface area contributed by atoms with E-state index in [1.165, 1.54) is 0 Å². The molecule has 0 nitrogen and oxygen atoms in total. The molecule has 1 aromatic carbocycles. The summed E-state index contributed by atoms with van der Waals surface area (Å²) in [5.74, 6) is 0. The highest BCUT2D eigenvalue weighted by Gasteiger charge is 2.02. The van der Waals surface area contributed by atoms with E-state index in [1.807, 2.05) is 56.3 Å². The summed E-state index contributed by atoms with van der Waals surface area (Å²) in [4.78, 5) is 0. The molecular formula is C14H15Cl. The van der Waals surface area contributed by atoms with Gasteiger partial charge in [0.25, 0.3) is 0 Å². The Bertz CT molecular complexity index is 411. The summed E-state index contributed by atoms with van der Waals surface area (Å²) in [5, 5.41) is 0.767. The van der Waals surface area contributed by atoms with E-state index in [0.717, 1.165) is 21.7 Å². The molecule has 0 amide bonds. The van der Waals surface area contributed by atoms with E-state index in [1.54, 1.807) is 0 Å². The Kier molecular flexibility index (Phi) is 4.38. The fourth-order valence-electron chi connectivity index (χ4n) is 1.36. The summed E-state index contributed by atoms with van der Waals surface area (Å²) in [7, 11) is 0. The molecule has 0 unspecified atom stereocenters. The van der Waals surface area contributed by atoms with Crippen LogP contribution in [0.25, 0.3) is 5.57 Å². The Morgan fingerprint density at radius 2 is 2.00 bits per heavy atom. The molecule has 0 heterocycles. The molecule has 0 aliphatic heterocycles. The van der Waals surface area contributed by atoms with Gasteiger partial charge in [0.05, 0.1) is 0 Å². The fraction of sp³-hybridized carbons (Fsp3) is 0.143. The maximum atomic E-state index is 6.13. The van der Waals surface area contributed by atoms with Gasteiger partial charge >= 0.3 is 0 Å². The van der Waals surface area contributed by atoms with Crippen molar-refractivity contribution in [3.63, 3.8) is 0 Å². The summed E-state index contributed by atoms with van der Waals surface area (Å²) in [6, 6.07) is 7.82. The molecule has 0 fully saturated rings. The van der Waals surface area contributed by atoms with Crippen molar-refractivity contribution in [2.24, 2.45) is 0 Å². The molecule has 0 radical (unpaired) electrons.